The predicted octanol–water partition coefficient (Wildman–Crippen LogP) is 5.01. The van der Waals surface area contributed by atoms with E-state index in [4.69, 9.17) is 24.0 Å². The van der Waals surface area contributed by atoms with Crippen LogP contribution in [-0.2, 0) is 0 Å². The topological polar surface area (TPSA) is 144 Å². The van der Waals surface area contributed by atoms with Crippen LogP contribution in [0.4, 0.5) is 18.9 Å². The second-order valence-electron chi connectivity index (χ2n) is 12.7. The Morgan fingerprint density at radius 2 is 1.35 bits per heavy atom. The molecule has 0 radical (unpaired) electrons. The van der Waals surface area contributed by atoms with Crippen molar-refractivity contribution in [3.8, 4) is 11.5 Å². The van der Waals surface area contributed by atoms with E-state index in [0.717, 1.165) is 12.5 Å². The highest BCUT2D eigenvalue weighted by Crippen LogP contribution is 2.45. The van der Waals surface area contributed by atoms with Crippen LogP contribution in [0.2, 0.25) is 0 Å². The van der Waals surface area contributed by atoms with Gasteiger partial charge >= 0.3 is 0 Å². The molecule has 1 unspecified atom stereocenters. The quantitative estimate of drug-likeness (QED) is 0.268. The summed E-state index contributed by atoms with van der Waals surface area (Å²) >= 11 is 0. The fourth-order valence-corrected chi connectivity index (χ4v) is 7.15. The van der Waals surface area contributed by atoms with Crippen LogP contribution >= 0.6 is 0 Å². The first-order valence-electron chi connectivity index (χ1n) is 15.7. The molecule has 0 spiro atoms. The van der Waals surface area contributed by atoms with Crippen molar-refractivity contribution in [1.82, 2.24) is 19.1 Å². The Bertz CT molecular complexity index is 2450. The number of ether oxygens (including phenoxy) is 2. The van der Waals surface area contributed by atoms with Crippen LogP contribution in [0.15, 0.2) is 30.6 Å². The second-order valence-corrected chi connectivity index (χ2v) is 12.7. The second kappa shape index (κ2) is 10.7. The van der Waals surface area contributed by atoms with Crippen LogP contribution in [0.1, 0.15) is 44.1 Å². The molecule has 12 nitrogen and oxygen atoms in total. The summed E-state index contributed by atoms with van der Waals surface area (Å²) < 4.78 is 68.3. The molecule has 48 heavy (non-hydrogen) atoms. The van der Waals surface area contributed by atoms with Crippen LogP contribution in [-0.4, -0.2) is 52.0 Å². The van der Waals surface area contributed by atoms with Crippen molar-refractivity contribution in [3.63, 3.8) is 0 Å². The molecular formula is C33H31F3N6O6. The van der Waals surface area contributed by atoms with Gasteiger partial charge in [0, 0.05) is 26.9 Å². The third-order valence-electron chi connectivity index (χ3n) is 9.37. The molecule has 3 atom stereocenters. The lowest BCUT2D eigenvalue weighted by Gasteiger charge is -2.30. The van der Waals surface area contributed by atoms with E-state index >= 15 is 4.39 Å². The molecule has 9 rings (SSSR count). The van der Waals surface area contributed by atoms with Crippen molar-refractivity contribution in [1.29, 1.82) is 0 Å². The van der Waals surface area contributed by atoms with Gasteiger partial charge in [0.25, 0.3) is 11.1 Å². The largest absolute Gasteiger partial charge is 0.487 e. The summed E-state index contributed by atoms with van der Waals surface area (Å²) in [5.41, 5.74) is 7.19. The van der Waals surface area contributed by atoms with Crippen molar-refractivity contribution in [2.75, 3.05) is 37.7 Å². The Labute approximate surface area is 269 Å². The number of halogens is 3. The minimum Gasteiger partial charge on any atom is -0.487 e. The number of nitrogens with two attached hydrogens (primary N) is 1. The molecule has 250 valence electrons. The van der Waals surface area contributed by atoms with Gasteiger partial charge in [0.15, 0.2) is 57.1 Å². The summed E-state index contributed by atoms with van der Waals surface area (Å²) in [6.07, 6.45) is 0.914. The number of nitrogens with zero attached hydrogens (tertiary/aromatic N) is 5. The lowest BCUT2D eigenvalue weighted by Crippen LogP contribution is -2.32. The third kappa shape index (κ3) is 4.25. The first-order chi connectivity index (χ1) is 23.0. The first-order valence-corrected chi connectivity index (χ1v) is 15.7. The van der Waals surface area contributed by atoms with Gasteiger partial charge in [-0.15, -0.1) is 0 Å². The molecule has 0 bridgehead atoms. The number of anilines is 1. The van der Waals surface area contributed by atoms with Crippen molar-refractivity contribution < 1.29 is 31.5 Å². The lowest BCUT2D eigenvalue weighted by molar-refractivity contribution is 0.232. The van der Waals surface area contributed by atoms with E-state index in [9.17, 15) is 18.4 Å². The van der Waals surface area contributed by atoms with E-state index in [-0.39, 0.29) is 63.3 Å². The number of hydrogen-bond donors (Lipinski definition) is 1. The van der Waals surface area contributed by atoms with Gasteiger partial charge in [-0.2, -0.15) is 4.39 Å². The smallest absolute Gasteiger partial charge is 0.281 e. The predicted molar refractivity (Wildman–Crippen MR) is 171 cm³/mol. The SMILES string of the molecule is Cc1nc2c(=O)n3c4c(c(F)c(F)cc4c2o1)OC[C@@H]3C.Cc1nc2c(=O)n3c4c(c(N5CCC(CN)C5)c(F)cc4c2o1)OC[C@@H]3C. The minimum atomic E-state index is -1.10. The summed E-state index contributed by atoms with van der Waals surface area (Å²) in [7, 11) is 0. The van der Waals surface area contributed by atoms with Gasteiger partial charge in [-0.3, -0.25) is 18.7 Å². The van der Waals surface area contributed by atoms with E-state index in [2.05, 4.69) is 9.97 Å². The lowest BCUT2D eigenvalue weighted by atomic mass is 10.1. The molecule has 4 aromatic heterocycles. The Hall–Kier alpha value is -5.05. The summed E-state index contributed by atoms with van der Waals surface area (Å²) in [6.45, 7) is 9.30. The summed E-state index contributed by atoms with van der Waals surface area (Å²) in [5.74, 6) is -1.37. The molecule has 1 saturated heterocycles. The van der Waals surface area contributed by atoms with E-state index < -0.39 is 17.2 Å². The molecular weight excluding hydrogens is 633 g/mol. The molecule has 2 N–H and O–H groups in total. The average Bonchev–Trinajstić information content (AvgIpc) is 3.80. The van der Waals surface area contributed by atoms with Crippen molar-refractivity contribution in [2.24, 2.45) is 11.7 Å². The molecule has 0 saturated carbocycles. The van der Waals surface area contributed by atoms with Crippen LogP contribution in [0.3, 0.4) is 0 Å². The first kappa shape index (κ1) is 30.3. The number of rotatable bonds is 2. The van der Waals surface area contributed by atoms with Crippen LogP contribution in [0.25, 0.3) is 44.0 Å². The zero-order valence-electron chi connectivity index (χ0n) is 26.5. The number of hydrogen-bond acceptors (Lipinski definition) is 10. The van der Waals surface area contributed by atoms with Crippen LogP contribution in [0, 0.1) is 37.2 Å². The Morgan fingerprint density at radius 1 is 0.833 bits per heavy atom. The van der Waals surface area contributed by atoms with Gasteiger partial charge in [0.2, 0.25) is 5.82 Å². The molecule has 2 aromatic carbocycles. The zero-order chi connectivity index (χ0) is 33.8. The standard InChI is InChI=1S/C19H21FN4O3.C14H10F2N2O3/c1-9-8-26-18-15-12(17-14(19(25)24(9)15)22-10(2)27-17)5-13(20)16(18)23-4-3-11(6-21)7-23;1-5-4-20-13-9(16)8(15)3-7-11(13)18(5)14(19)10-12(7)21-6(2)17-10/h5,9,11H,3-4,6-8,21H2,1-2H3;3,5H,4H2,1-2H3/t9-,11?;5-/m00/s1. The summed E-state index contributed by atoms with van der Waals surface area (Å²) in [5, 5.41) is 0.799. The minimum absolute atomic E-state index is 0.0880. The van der Waals surface area contributed by atoms with Gasteiger partial charge in [0.1, 0.15) is 29.9 Å². The monoisotopic (exact) mass is 664 g/mol. The highest BCUT2D eigenvalue weighted by Gasteiger charge is 2.34. The number of aromatic nitrogens is 4. The van der Waals surface area contributed by atoms with Crippen LogP contribution in [0.5, 0.6) is 11.5 Å². The van der Waals surface area contributed by atoms with Gasteiger partial charge in [-0.25, -0.2) is 18.7 Å². The number of pyridine rings is 2. The maximum absolute atomic E-state index is 15.2. The maximum atomic E-state index is 15.2. The van der Waals surface area contributed by atoms with Gasteiger partial charge in [-0.05, 0) is 44.9 Å². The van der Waals surface area contributed by atoms with Crippen molar-refractivity contribution in [2.45, 2.75) is 46.2 Å². The maximum Gasteiger partial charge on any atom is 0.281 e. The van der Waals surface area contributed by atoms with Crippen molar-refractivity contribution >= 4 is 49.7 Å². The Balaban J connectivity index is 0.000000145. The number of oxazole rings is 2. The van der Waals surface area contributed by atoms with Crippen LogP contribution < -0.4 is 31.2 Å². The number of aryl methyl sites for hydroxylation is 2. The summed E-state index contributed by atoms with van der Waals surface area (Å²) in [4.78, 5) is 35.9. The zero-order valence-corrected chi connectivity index (χ0v) is 26.5. The molecule has 0 aliphatic carbocycles. The van der Waals surface area contributed by atoms with E-state index in [1.54, 1.807) is 25.3 Å². The molecule has 1 fully saturated rings. The highest BCUT2D eigenvalue weighted by atomic mass is 19.2. The third-order valence-corrected chi connectivity index (χ3v) is 9.37. The highest BCUT2D eigenvalue weighted by molar-refractivity contribution is 6.06. The van der Waals surface area contributed by atoms with E-state index in [1.165, 1.54) is 10.6 Å². The van der Waals surface area contributed by atoms with E-state index in [1.807, 2.05) is 11.8 Å². The van der Waals surface area contributed by atoms with Gasteiger partial charge in [-0.1, -0.05) is 0 Å². The van der Waals surface area contributed by atoms with E-state index in [0.29, 0.717) is 71.9 Å². The molecule has 0 amide bonds. The fourth-order valence-electron chi connectivity index (χ4n) is 7.15. The molecule has 6 aromatic rings. The van der Waals surface area contributed by atoms with Crippen molar-refractivity contribution in [3.05, 3.63) is 62.1 Å². The normalized spacial score (nSPS) is 20.0. The summed E-state index contributed by atoms with van der Waals surface area (Å²) in [6, 6.07) is 1.97. The number of benzene rings is 2. The fraction of sp³-hybridized carbons (Fsp3) is 0.394. The number of fused-ring (bicyclic) bond motifs is 4. The molecule has 3 aliphatic rings. The van der Waals surface area contributed by atoms with Gasteiger partial charge in [0.05, 0.1) is 22.9 Å². The van der Waals surface area contributed by atoms with Gasteiger partial charge < -0.3 is 28.9 Å². The molecule has 15 heteroatoms. The average molecular weight is 665 g/mol. The Kier molecular flexibility index (Phi) is 6.78. The molecule has 3 aliphatic heterocycles. The Morgan fingerprint density at radius 3 is 1.90 bits per heavy atom. The molecule has 7 heterocycles.